The van der Waals surface area contributed by atoms with Gasteiger partial charge < -0.3 is 10.1 Å². The van der Waals surface area contributed by atoms with E-state index in [2.05, 4.69) is 20.7 Å². The second-order valence-electron chi connectivity index (χ2n) is 4.46. The second kappa shape index (κ2) is 4.40. The number of carbonyl (C=O) groups excluding carboxylic acids is 1. The molecule has 2 rings (SSSR count). The Kier molecular flexibility index (Phi) is 3.10. The Labute approximate surface area is 99.5 Å². The highest BCUT2D eigenvalue weighted by molar-refractivity contribution is 5.85. The van der Waals surface area contributed by atoms with Crippen LogP contribution in [0.4, 0.5) is 0 Å². The van der Waals surface area contributed by atoms with Gasteiger partial charge in [0, 0.05) is 7.11 Å². The van der Waals surface area contributed by atoms with Crippen LogP contribution in [0.1, 0.15) is 25.6 Å². The third-order valence-electron chi connectivity index (χ3n) is 3.19. The van der Waals surface area contributed by atoms with Crippen molar-refractivity contribution in [3.63, 3.8) is 0 Å². The molecule has 0 radical (unpaired) electrons. The second-order valence-corrected chi connectivity index (χ2v) is 4.46. The molecule has 1 fully saturated rings. The summed E-state index contributed by atoms with van der Waals surface area (Å²) >= 11 is 0. The van der Waals surface area contributed by atoms with Crippen LogP contribution < -0.4 is 5.32 Å². The molecule has 17 heavy (non-hydrogen) atoms. The molecule has 1 aliphatic rings. The maximum Gasteiger partial charge on any atom is 0.252 e. The van der Waals surface area contributed by atoms with Crippen molar-refractivity contribution in [2.75, 3.05) is 7.11 Å². The summed E-state index contributed by atoms with van der Waals surface area (Å²) in [6.45, 7) is 2.10. The van der Waals surface area contributed by atoms with Crippen LogP contribution >= 0.6 is 0 Å². The zero-order valence-corrected chi connectivity index (χ0v) is 10.3. The molecule has 0 aliphatic heterocycles. The van der Waals surface area contributed by atoms with Crippen LogP contribution in [-0.4, -0.2) is 38.8 Å². The van der Waals surface area contributed by atoms with E-state index < -0.39 is 5.60 Å². The minimum atomic E-state index is -0.734. The predicted octanol–water partition coefficient (Wildman–Crippen LogP) is -0.359. The van der Waals surface area contributed by atoms with Crippen LogP contribution in [0.5, 0.6) is 0 Å². The number of methoxy groups -OCH3 is 1. The average Bonchev–Trinajstić information content (AvgIpc) is 3.09. The molecular formula is C10H17N5O2. The molecule has 0 aromatic carbocycles. The van der Waals surface area contributed by atoms with Crippen LogP contribution in [0, 0.1) is 5.92 Å². The first kappa shape index (κ1) is 12.0. The van der Waals surface area contributed by atoms with Crippen molar-refractivity contribution in [3.05, 3.63) is 5.82 Å². The van der Waals surface area contributed by atoms with Gasteiger partial charge in [-0.2, -0.15) is 4.80 Å². The van der Waals surface area contributed by atoms with Gasteiger partial charge in [-0.25, -0.2) is 0 Å². The number of amides is 1. The lowest BCUT2D eigenvalue weighted by Crippen LogP contribution is -2.47. The summed E-state index contributed by atoms with van der Waals surface area (Å²) in [5.74, 6) is 0.701. The molecule has 1 heterocycles. The first-order valence-electron chi connectivity index (χ1n) is 5.62. The Balaban J connectivity index is 1.92. The predicted molar refractivity (Wildman–Crippen MR) is 58.8 cm³/mol. The maximum absolute atomic E-state index is 12.0. The number of hydrogen-bond acceptors (Lipinski definition) is 5. The molecule has 1 N–H and O–H groups in total. The van der Waals surface area contributed by atoms with Crippen molar-refractivity contribution < 1.29 is 9.53 Å². The highest BCUT2D eigenvalue weighted by atomic mass is 16.5. The molecule has 1 aromatic rings. The third kappa shape index (κ3) is 2.44. The molecule has 1 amide bonds. The van der Waals surface area contributed by atoms with Gasteiger partial charge in [-0.1, -0.05) is 0 Å². The Morgan fingerprint density at radius 3 is 2.82 bits per heavy atom. The van der Waals surface area contributed by atoms with E-state index >= 15 is 0 Å². The quantitative estimate of drug-likeness (QED) is 0.759. The fourth-order valence-corrected chi connectivity index (χ4v) is 1.81. The van der Waals surface area contributed by atoms with Crippen molar-refractivity contribution >= 4 is 5.91 Å². The number of tetrazole rings is 1. The summed E-state index contributed by atoms with van der Waals surface area (Å²) in [7, 11) is 3.25. The van der Waals surface area contributed by atoms with Crippen LogP contribution in [0.25, 0.3) is 0 Å². The normalized spacial score (nSPS) is 18.8. The zero-order valence-electron chi connectivity index (χ0n) is 10.3. The fourth-order valence-electron chi connectivity index (χ4n) is 1.81. The lowest BCUT2D eigenvalue weighted by Gasteiger charge is -2.26. The number of hydrogen-bond donors (Lipinski definition) is 1. The summed E-state index contributed by atoms with van der Waals surface area (Å²) < 4.78 is 5.34. The first-order chi connectivity index (χ1) is 8.06. The topological polar surface area (TPSA) is 81.9 Å². The van der Waals surface area contributed by atoms with Crippen molar-refractivity contribution in [1.82, 2.24) is 25.5 Å². The number of aromatic nitrogens is 4. The minimum absolute atomic E-state index is 0.116. The molecule has 1 saturated carbocycles. The van der Waals surface area contributed by atoms with E-state index in [4.69, 9.17) is 4.74 Å². The van der Waals surface area contributed by atoms with E-state index in [1.165, 1.54) is 4.80 Å². The minimum Gasteiger partial charge on any atom is -0.368 e. The van der Waals surface area contributed by atoms with Gasteiger partial charge in [-0.15, -0.1) is 10.2 Å². The summed E-state index contributed by atoms with van der Waals surface area (Å²) in [6, 6.07) is 0. The van der Waals surface area contributed by atoms with Gasteiger partial charge in [-0.3, -0.25) is 4.79 Å². The SMILES string of the molecule is COC(C)(C(=O)NCc1nnn(C)n1)C1CC1. The maximum atomic E-state index is 12.0. The van der Waals surface area contributed by atoms with Crippen molar-refractivity contribution in [1.29, 1.82) is 0 Å². The molecule has 0 spiro atoms. The summed E-state index contributed by atoms with van der Waals surface area (Å²) in [4.78, 5) is 13.4. The fraction of sp³-hybridized carbons (Fsp3) is 0.800. The first-order valence-corrected chi connectivity index (χ1v) is 5.62. The number of carbonyl (C=O) groups is 1. The summed E-state index contributed by atoms with van der Waals surface area (Å²) in [6.07, 6.45) is 2.09. The third-order valence-corrected chi connectivity index (χ3v) is 3.19. The Bertz CT molecular complexity index is 415. The number of rotatable bonds is 5. The van der Waals surface area contributed by atoms with E-state index in [-0.39, 0.29) is 12.5 Å². The van der Waals surface area contributed by atoms with Gasteiger partial charge in [0.1, 0.15) is 5.60 Å². The van der Waals surface area contributed by atoms with E-state index in [1.54, 1.807) is 14.2 Å². The van der Waals surface area contributed by atoms with Crippen LogP contribution in [0.3, 0.4) is 0 Å². The highest BCUT2D eigenvalue weighted by Gasteiger charge is 2.47. The molecule has 0 bridgehead atoms. The van der Waals surface area contributed by atoms with Crippen molar-refractivity contribution in [3.8, 4) is 0 Å². The van der Waals surface area contributed by atoms with Crippen LogP contribution in [0.15, 0.2) is 0 Å². The van der Waals surface area contributed by atoms with Crippen LogP contribution in [-0.2, 0) is 23.1 Å². The Morgan fingerprint density at radius 2 is 2.35 bits per heavy atom. The van der Waals surface area contributed by atoms with Gasteiger partial charge in [0.15, 0.2) is 5.82 Å². The van der Waals surface area contributed by atoms with Crippen molar-refractivity contribution in [2.45, 2.75) is 31.9 Å². The molecule has 1 atom stereocenters. The van der Waals surface area contributed by atoms with E-state index in [1.807, 2.05) is 6.92 Å². The zero-order chi connectivity index (χ0) is 12.5. The largest absolute Gasteiger partial charge is 0.368 e. The lowest BCUT2D eigenvalue weighted by molar-refractivity contribution is -0.144. The molecule has 7 nitrogen and oxygen atoms in total. The smallest absolute Gasteiger partial charge is 0.252 e. The van der Waals surface area contributed by atoms with Gasteiger partial charge in [0.2, 0.25) is 0 Å². The van der Waals surface area contributed by atoms with Crippen molar-refractivity contribution in [2.24, 2.45) is 13.0 Å². The standard InChI is InChI=1S/C10H17N5O2/c1-10(17-3,7-4-5-7)9(16)11-6-8-12-14-15(2)13-8/h7H,4-6H2,1-3H3,(H,11,16). The lowest BCUT2D eigenvalue weighted by atomic mass is 9.99. The van der Waals surface area contributed by atoms with Crippen LogP contribution in [0.2, 0.25) is 0 Å². The molecule has 1 aromatic heterocycles. The van der Waals surface area contributed by atoms with Gasteiger partial charge >= 0.3 is 0 Å². The van der Waals surface area contributed by atoms with E-state index in [0.717, 1.165) is 12.8 Å². The summed E-state index contributed by atoms with van der Waals surface area (Å²) in [5, 5.41) is 14.3. The number of nitrogens with zero attached hydrogens (tertiary/aromatic N) is 4. The van der Waals surface area contributed by atoms with Gasteiger partial charge in [0.05, 0.1) is 13.6 Å². The Hall–Kier alpha value is -1.50. The van der Waals surface area contributed by atoms with Gasteiger partial charge in [-0.05, 0) is 30.9 Å². The highest BCUT2D eigenvalue weighted by Crippen LogP contribution is 2.41. The molecular weight excluding hydrogens is 222 g/mol. The van der Waals surface area contributed by atoms with E-state index in [9.17, 15) is 4.79 Å². The monoisotopic (exact) mass is 239 g/mol. The van der Waals surface area contributed by atoms with Gasteiger partial charge in [0.25, 0.3) is 5.91 Å². The molecule has 1 aliphatic carbocycles. The van der Waals surface area contributed by atoms with E-state index in [0.29, 0.717) is 11.7 Å². The number of aryl methyl sites for hydroxylation is 1. The number of nitrogens with one attached hydrogen (secondary N) is 1. The molecule has 0 saturated heterocycles. The molecule has 94 valence electrons. The molecule has 1 unspecified atom stereocenters. The molecule has 7 heteroatoms. The summed E-state index contributed by atoms with van der Waals surface area (Å²) in [5.41, 5.74) is -0.734. The Morgan fingerprint density at radius 1 is 1.65 bits per heavy atom. The number of ether oxygens (including phenoxy) is 1. The average molecular weight is 239 g/mol.